The lowest BCUT2D eigenvalue weighted by Crippen LogP contribution is -2.38. The van der Waals surface area contributed by atoms with E-state index in [1.165, 1.54) is 5.56 Å². The van der Waals surface area contributed by atoms with Crippen LogP contribution in [0.25, 0.3) is 0 Å². The van der Waals surface area contributed by atoms with Crippen LogP contribution in [0.5, 0.6) is 6.01 Å². The highest BCUT2D eigenvalue weighted by molar-refractivity contribution is 9.10. The molecule has 1 saturated heterocycles. The smallest absolute Gasteiger partial charge is 0.316 e. The molecule has 2 heterocycles. The molecular weight excluding hydrogens is 342 g/mol. The van der Waals surface area contributed by atoms with Gasteiger partial charge in [0.25, 0.3) is 0 Å². The highest BCUT2D eigenvalue weighted by Gasteiger charge is 2.21. The lowest BCUT2D eigenvalue weighted by atomic mass is 10.1. The number of benzene rings is 1. The van der Waals surface area contributed by atoms with E-state index >= 15 is 0 Å². The SMILES string of the molecule is Cc1cnc(OC2CCN(Cc3cccc(Br)c3)CC2)nc1. The number of likely N-dealkylation sites (tertiary alicyclic amines) is 1. The van der Waals surface area contributed by atoms with Gasteiger partial charge in [-0.1, -0.05) is 28.1 Å². The lowest BCUT2D eigenvalue weighted by molar-refractivity contribution is 0.0892. The summed E-state index contributed by atoms with van der Waals surface area (Å²) in [5, 5.41) is 0. The molecule has 0 spiro atoms. The Kier molecular flexibility index (Phi) is 5.05. The summed E-state index contributed by atoms with van der Waals surface area (Å²) in [5.74, 6) is 0. The summed E-state index contributed by atoms with van der Waals surface area (Å²) in [6.45, 7) is 5.06. The van der Waals surface area contributed by atoms with Crippen molar-refractivity contribution in [2.75, 3.05) is 13.1 Å². The number of hydrogen-bond donors (Lipinski definition) is 0. The zero-order valence-corrected chi connectivity index (χ0v) is 14.3. The van der Waals surface area contributed by atoms with E-state index in [0.717, 1.165) is 42.5 Å². The van der Waals surface area contributed by atoms with Gasteiger partial charge in [0.15, 0.2) is 0 Å². The Morgan fingerprint density at radius 2 is 1.95 bits per heavy atom. The first-order chi connectivity index (χ1) is 10.7. The molecule has 0 aliphatic carbocycles. The van der Waals surface area contributed by atoms with Gasteiger partial charge in [-0.2, -0.15) is 0 Å². The van der Waals surface area contributed by atoms with Crippen LogP contribution in [0.2, 0.25) is 0 Å². The maximum absolute atomic E-state index is 5.87. The molecule has 0 atom stereocenters. The number of rotatable bonds is 4. The summed E-state index contributed by atoms with van der Waals surface area (Å²) in [6.07, 6.45) is 5.85. The number of hydrogen-bond acceptors (Lipinski definition) is 4. The van der Waals surface area contributed by atoms with Crippen molar-refractivity contribution in [2.45, 2.75) is 32.4 Å². The Balaban J connectivity index is 1.49. The van der Waals surface area contributed by atoms with Crippen molar-refractivity contribution in [3.8, 4) is 6.01 Å². The van der Waals surface area contributed by atoms with Gasteiger partial charge in [-0.15, -0.1) is 0 Å². The molecule has 0 bridgehead atoms. The van der Waals surface area contributed by atoms with E-state index in [2.05, 4.69) is 55.1 Å². The van der Waals surface area contributed by atoms with E-state index in [1.807, 2.05) is 6.92 Å². The second-order valence-corrected chi connectivity index (χ2v) is 6.68. The zero-order valence-electron chi connectivity index (χ0n) is 12.7. The number of aryl methyl sites for hydroxylation is 1. The van der Waals surface area contributed by atoms with Crippen LogP contribution in [0, 0.1) is 6.92 Å². The monoisotopic (exact) mass is 361 g/mol. The van der Waals surface area contributed by atoms with E-state index in [4.69, 9.17) is 4.74 Å². The van der Waals surface area contributed by atoms with Crippen LogP contribution < -0.4 is 4.74 Å². The number of aromatic nitrogens is 2. The van der Waals surface area contributed by atoms with E-state index in [1.54, 1.807) is 12.4 Å². The van der Waals surface area contributed by atoms with Gasteiger partial charge in [-0.25, -0.2) is 9.97 Å². The van der Waals surface area contributed by atoms with Crippen molar-refractivity contribution in [3.05, 3.63) is 52.3 Å². The number of ether oxygens (including phenoxy) is 1. The standard InChI is InChI=1S/C17H20BrN3O/c1-13-10-19-17(20-11-13)22-16-5-7-21(8-6-16)12-14-3-2-4-15(18)9-14/h2-4,9-11,16H,5-8,12H2,1H3. The first-order valence-corrected chi connectivity index (χ1v) is 8.40. The highest BCUT2D eigenvalue weighted by Crippen LogP contribution is 2.19. The first-order valence-electron chi connectivity index (χ1n) is 7.61. The zero-order chi connectivity index (χ0) is 15.4. The highest BCUT2D eigenvalue weighted by atomic mass is 79.9. The summed E-state index contributed by atoms with van der Waals surface area (Å²) in [4.78, 5) is 10.9. The van der Waals surface area contributed by atoms with Crippen molar-refractivity contribution in [1.82, 2.24) is 14.9 Å². The minimum atomic E-state index is 0.224. The predicted octanol–water partition coefficient (Wildman–Crippen LogP) is 3.59. The van der Waals surface area contributed by atoms with Gasteiger partial charge >= 0.3 is 6.01 Å². The van der Waals surface area contributed by atoms with Crippen LogP contribution in [0.1, 0.15) is 24.0 Å². The third-order valence-electron chi connectivity index (χ3n) is 3.86. The van der Waals surface area contributed by atoms with Gasteiger partial charge in [-0.3, -0.25) is 4.90 Å². The van der Waals surface area contributed by atoms with Gasteiger partial charge in [-0.05, 0) is 43.0 Å². The summed E-state index contributed by atoms with van der Waals surface area (Å²) in [6, 6.07) is 9.00. The molecule has 1 fully saturated rings. The number of halogens is 1. The topological polar surface area (TPSA) is 38.2 Å². The van der Waals surface area contributed by atoms with Crippen LogP contribution in [0.4, 0.5) is 0 Å². The van der Waals surface area contributed by atoms with Gasteiger partial charge < -0.3 is 4.74 Å². The Morgan fingerprint density at radius 3 is 2.64 bits per heavy atom. The van der Waals surface area contributed by atoms with E-state index in [9.17, 15) is 0 Å². The maximum atomic E-state index is 5.87. The second kappa shape index (κ2) is 7.20. The normalized spacial score (nSPS) is 16.6. The van der Waals surface area contributed by atoms with Crippen LogP contribution in [-0.2, 0) is 6.54 Å². The summed E-state index contributed by atoms with van der Waals surface area (Å²) in [7, 11) is 0. The Labute approximate surface area is 139 Å². The molecule has 0 saturated carbocycles. The molecule has 3 rings (SSSR count). The third-order valence-corrected chi connectivity index (χ3v) is 4.35. The van der Waals surface area contributed by atoms with Gasteiger partial charge in [0, 0.05) is 36.5 Å². The van der Waals surface area contributed by atoms with Crippen LogP contribution in [0.3, 0.4) is 0 Å². The molecule has 1 aromatic carbocycles. The molecule has 0 amide bonds. The van der Waals surface area contributed by atoms with Crippen LogP contribution >= 0.6 is 15.9 Å². The Hall–Kier alpha value is -1.46. The molecule has 4 nitrogen and oxygen atoms in total. The summed E-state index contributed by atoms with van der Waals surface area (Å²) >= 11 is 3.53. The fraction of sp³-hybridized carbons (Fsp3) is 0.412. The summed E-state index contributed by atoms with van der Waals surface area (Å²) in [5.41, 5.74) is 2.40. The molecule has 0 unspecified atom stereocenters. The maximum Gasteiger partial charge on any atom is 0.316 e. The van der Waals surface area contributed by atoms with Gasteiger partial charge in [0.1, 0.15) is 6.10 Å². The molecule has 1 aliphatic heterocycles. The van der Waals surface area contributed by atoms with Gasteiger partial charge in [0.2, 0.25) is 0 Å². The third kappa shape index (κ3) is 4.27. The quantitative estimate of drug-likeness (QED) is 0.833. The molecule has 0 N–H and O–H groups in total. The van der Waals surface area contributed by atoms with Crippen LogP contribution in [0.15, 0.2) is 41.1 Å². The molecule has 2 aromatic rings. The second-order valence-electron chi connectivity index (χ2n) is 5.77. The molecule has 0 radical (unpaired) electrons. The number of piperidine rings is 1. The van der Waals surface area contributed by atoms with Crippen molar-refractivity contribution in [3.63, 3.8) is 0 Å². The lowest BCUT2D eigenvalue weighted by Gasteiger charge is -2.31. The minimum Gasteiger partial charge on any atom is -0.460 e. The van der Waals surface area contributed by atoms with Crippen molar-refractivity contribution in [2.24, 2.45) is 0 Å². The molecule has 22 heavy (non-hydrogen) atoms. The largest absolute Gasteiger partial charge is 0.460 e. The molecule has 116 valence electrons. The molecule has 1 aromatic heterocycles. The minimum absolute atomic E-state index is 0.224. The summed E-state index contributed by atoms with van der Waals surface area (Å²) < 4.78 is 7.01. The first kappa shape index (κ1) is 15.4. The van der Waals surface area contributed by atoms with E-state index in [0.29, 0.717) is 6.01 Å². The van der Waals surface area contributed by atoms with Crippen LogP contribution in [-0.4, -0.2) is 34.1 Å². The number of nitrogens with zero attached hydrogens (tertiary/aromatic N) is 3. The van der Waals surface area contributed by atoms with E-state index < -0.39 is 0 Å². The van der Waals surface area contributed by atoms with Crippen molar-refractivity contribution < 1.29 is 4.74 Å². The average molecular weight is 362 g/mol. The fourth-order valence-electron chi connectivity index (χ4n) is 2.67. The fourth-order valence-corrected chi connectivity index (χ4v) is 3.12. The Bertz CT molecular complexity index is 610. The predicted molar refractivity (Wildman–Crippen MR) is 89.8 cm³/mol. The molecule has 1 aliphatic rings. The average Bonchev–Trinajstić information content (AvgIpc) is 2.52. The Morgan fingerprint density at radius 1 is 1.23 bits per heavy atom. The molecule has 5 heteroatoms. The van der Waals surface area contributed by atoms with Crippen molar-refractivity contribution in [1.29, 1.82) is 0 Å². The van der Waals surface area contributed by atoms with Crippen molar-refractivity contribution >= 4 is 15.9 Å². The van der Waals surface area contributed by atoms with E-state index in [-0.39, 0.29) is 6.10 Å². The molecular formula is C17H20BrN3O. The van der Waals surface area contributed by atoms with Gasteiger partial charge in [0.05, 0.1) is 0 Å².